The minimum atomic E-state index is -3.55. The summed E-state index contributed by atoms with van der Waals surface area (Å²) in [6.07, 6.45) is 0. The second-order valence-corrected chi connectivity index (χ2v) is 7.37. The van der Waals surface area contributed by atoms with Gasteiger partial charge in [-0.05, 0) is 45.4 Å². The normalized spacial score (nSPS) is 14.6. The first kappa shape index (κ1) is 15.9. The van der Waals surface area contributed by atoms with Crippen molar-refractivity contribution in [1.82, 2.24) is 9.03 Å². The lowest BCUT2D eigenvalue weighted by atomic mass is 10.1. The van der Waals surface area contributed by atoms with Gasteiger partial charge in [0.05, 0.1) is 0 Å². The highest BCUT2D eigenvalue weighted by molar-refractivity contribution is 7.87. The zero-order valence-corrected chi connectivity index (χ0v) is 12.8. The van der Waals surface area contributed by atoms with E-state index < -0.39 is 15.7 Å². The largest absolute Gasteiger partial charge is 0.508 e. The van der Waals surface area contributed by atoms with Gasteiger partial charge >= 0.3 is 0 Å². The zero-order valence-electron chi connectivity index (χ0n) is 12.0. The van der Waals surface area contributed by atoms with Gasteiger partial charge in [-0.25, -0.2) is 0 Å². The number of rotatable bonds is 4. The topological polar surface area (TPSA) is 69.6 Å². The van der Waals surface area contributed by atoms with E-state index in [0.717, 1.165) is 5.56 Å². The van der Waals surface area contributed by atoms with E-state index in [2.05, 4.69) is 4.72 Å². The molecule has 0 aliphatic carbocycles. The lowest BCUT2D eigenvalue weighted by molar-refractivity contribution is 0.373. The van der Waals surface area contributed by atoms with Crippen LogP contribution in [0.1, 0.15) is 39.3 Å². The van der Waals surface area contributed by atoms with Crippen molar-refractivity contribution in [3.63, 3.8) is 0 Å². The second kappa shape index (κ2) is 5.48. The average molecular weight is 286 g/mol. The van der Waals surface area contributed by atoms with Gasteiger partial charge in [0.15, 0.2) is 0 Å². The minimum absolute atomic E-state index is 0.161. The van der Waals surface area contributed by atoms with Crippen molar-refractivity contribution in [2.45, 2.75) is 39.3 Å². The maximum absolute atomic E-state index is 12.2. The first-order valence-corrected chi connectivity index (χ1v) is 7.53. The predicted molar refractivity (Wildman–Crippen MR) is 76.1 cm³/mol. The molecule has 0 saturated carbocycles. The summed E-state index contributed by atoms with van der Waals surface area (Å²) >= 11 is 0. The lowest BCUT2D eigenvalue weighted by Gasteiger charge is -2.29. The minimum Gasteiger partial charge on any atom is -0.508 e. The summed E-state index contributed by atoms with van der Waals surface area (Å²) in [7, 11) is -2.02. The monoisotopic (exact) mass is 286 g/mol. The summed E-state index contributed by atoms with van der Waals surface area (Å²) < 4.78 is 28.3. The first-order valence-electron chi connectivity index (χ1n) is 6.09. The van der Waals surface area contributed by atoms with E-state index >= 15 is 0 Å². The van der Waals surface area contributed by atoms with Crippen LogP contribution in [0.25, 0.3) is 0 Å². The van der Waals surface area contributed by atoms with Crippen LogP contribution in [0, 0.1) is 0 Å². The molecule has 6 heteroatoms. The van der Waals surface area contributed by atoms with Gasteiger partial charge in [-0.15, -0.1) is 0 Å². The number of phenolic OH excluding ortho intramolecular Hbond substituents is 1. The van der Waals surface area contributed by atoms with E-state index in [9.17, 15) is 13.5 Å². The molecule has 0 radical (unpaired) electrons. The van der Waals surface area contributed by atoms with Crippen molar-refractivity contribution in [3.8, 4) is 5.75 Å². The summed E-state index contributed by atoms with van der Waals surface area (Å²) in [6.45, 7) is 7.19. The molecular formula is C13H22N2O3S. The summed E-state index contributed by atoms with van der Waals surface area (Å²) in [5.74, 6) is 0.161. The maximum atomic E-state index is 12.2. The number of aromatic hydroxyl groups is 1. The van der Waals surface area contributed by atoms with Crippen molar-refractivity contribution in [3.05, 3.63) is 29.8 Å². The van der Waals surface area contributed by atoms with E-state index in [4.69, 9.17) is 0 Å². The van der Waals surface area contributed by atoms with E-state index in [0.29, 0.717) is 0 Å². The Kier molecular flexibility index (Phi) is 4.60. The van der Waals surface area contributed by atoms with Crippen LogP contribution in [0.5, 0.6) is 5.75 Å². The Balaban J connectivity index is 2.93. The summed E-state index contributed by atoms with van der Waals surface area (Å²) in [4.78, 5) is 0. The zero-order chi connectivity index (χ0) is 14.8. The molecular weight excluding hydrogens is 264 g/mol. The van der Waals surface area contributed by atoms with Gasteiger partial charge in [-0.2, -0.15) is 17.4 Å². The van der Waals surface area contributed by atoms with Gasteiger partial charge in [0.1, 0.15) is 5.75 Å². The molecule has 0 amide bonds. The third-order valence-corrected chi connectivity index (χ3v) is 4.68. The molecule has 1 aromatic rings. The molecule has 2 N–H and O–H groups in total. The SMILES string of the molecule is CC(c1ccc(O)cc1)N(C)S(=O)(=O)NC(C)(C)C. The summed E-state index contributed by atoms with van der Waals surface area (Å²) in [5, 5.41) is 9.25. The molecule has 108 valence electrons. The van der Waals surface area contributed by atoms with Gasteiger partial charge in [0.2, 0.25) is 0 Å². The highest BCUT2D eigenvalue weighted by atomic mass is 32.2. The molecule has 19 heavy (non-hydrogen) atoms. The van der Waals surface area contributed by atoms with Crippen LogP contribution in [0.2, 0.25) is 0 Å². The lowest BCUT2D eigenvalue weighted by Crippen LogP contribution is -2.48. The van der Waals surface area contributed by atoms with Gasteiger partial charge < -0.3 is 5.11 Å². The Hall–Kier alpha value is -1.11. The van der Waals surface area contributed by atoms with Gasteiger partial charge in [-0.1, -0.05) is 12.1 Å². The quantitative estimate of drug-likeness (QED) is 0.889. The Morgan fingerprint density at radius 3 is 2.11 bits per heavy atom. The number of hydrogen-bond donors (Lipinski definition) is 2. The summed E-state index contributed by atoms with van der Waals surface area (Å²) in [5.41, 5.74) is 0.293. The van der Waals surface area contributed by atoms with Crippen LogP contribution in [0.3, 0.4) is 0 Å². The highest BCUT2D eigenvalue weighted by Crippen LogP contribution is 2.23. The van der Waals surface area contributed by atoms with E-state index in [-0.39, 0.29) is 11.8 Å². The number of nitrogens with zero attached hydrogens (tertiary/aromatic N) is 1. The fourth-order valence-corrected chi connectivity index (χ4v) is 3.09. The first-order chi connectivity index (χ1) is 8.53. The third-order valence-electron chi connectivity index (χ3n) is 2.74. The summed E-state index contributed by atoms with van der Waals surface area (Å²) in [6, 6.07) is 6.19. The Morgan fingerprint density at radius 2 is 1.68 bits per heavy atom. The van der Waals surface area contributed by atoms with Gasteiger partial charge in [-0.3, -0.25) is 0 Å². The molecule has 0 aromatic heterocycles. The van der Waals surface area contributed by atoms with E-state index in [1.54, 1.807) is 52.0 Å². The molecule has 0 spiro atoms. The fourth-order valence-electron chi connectivity index (χ4n) is 1.63. The maximum Gasteiger partial charge on any atom is 0.280 e. The van der Waals surface area contributed by atoms with E-state index in [1.807, 2.05) is 0 Å². The number of nitrogens with one attached hydrogen (secondary N) is 1. The predicted octanol–water partition coefficient (Wildman–Crippen LogP) is 2.02. The Morgan fingerprint density at radius 1 is 1.21 bits per heavy atom. The van der Waals surface area contributed by atoms with Gasteiger partial charge in [0.25, 0.3) is 10.2 Å². The molecule has 5 nitrogen and oxygen atoms in total. The van der Waals surface area contributed by atoms with Crippen LogP contribution in [0.15, 0.2) is 24.3 Å². The number of hydrogen-bond acceptors (Lipinski definition) is 3. The highest BCUT2D eigenvalue weighted by Gasteiger charge is 2.28. The van der Waals surface area contributed by atoms with Crippen LogP contribution >= 0.6 is 0 Å². The number of benzene rings is 1. The molecule has 0 aliphatic heterocycles. The van der Waals surface area contributed by atoms with Crippen molar-refractivity contribution in [1.29, 1.82) is 0 Å². The molecule has 0 saturated heterocycles. The van der Waals surface area contributed by atoms with Crippen LogP contribution in [-0.4, -0.2) is 30.4 Å². The average Bonchev–Trinajstić information content (AvgIpc) is 2.25. The van der Waals surface area contributed by atoms with Crippen LogP contribution in [0.4, 0.5) is 0 Å². The third kappa shape index (κ3) is 4.49. The fraction of sp³-hybridized carbons (Fsp3) is 0.538. The molecule has 1 unspecified atom stereocenters. The van der Waals surface area contributed by atoms with Crippen molar-refractivity contribution in [2.24, 2.45) is 0 Å². The molecule has 1 aromatic carbocycles. The second-order valence-electron chi connectivity index (χ2n) is 5.64. The number of phenols is 1. The van der Waals surface area contributed by atoms with Crippen molar-refractivity contribution in [2.75, 3.05) is 7.05 Å². The smallest absolute Gasteiger partial charge is 0.280 e. The standard InChI is InChI=1S/C13H22N2O3S/c1-10(11-6-8-12(16)9-7-11)15(5)19(17,18)14-13(2,3)4/h6-10,14,16H,1-5H3. The Bertz CT molecular complexity index is 518. The van der Waals surface area contributed by atoms with E-state index in [1.165, 1.54) is 11.4 Å². The Labute approximate surface area is 115 Å². The van der Waals surface area contributed by atoms with Crippen molar-refractivity contribution >= 4 is 10.2 Å². The molecule has 0 fully saturated rings. The van der Waals surface area contributed by atoms with Crippen LogP contribution in [-0.2, 0) is 10.2 Å². The molecule has 0 heterocycles. The van der Waals surface area contributed by atoms with Crippen LogP contribution < -0.4 is 4.72 Å². The van der Waals surface area contributed by atoms with Gasteiger partial charge in [0, 0.05) is 18.6 Å². The molecule has 0 aliphatic rings. The van der Waals surface area contributed by atoms with Crippen molar-refractivity contribution < 1.29 is 13.5 Å². The molecule has 1 atom stereocenters. The molecule has 0 bridgehead atoms. The molecule has 1 rings (SSSR count).